The number of nitrogens with one attached hydrogen (secondary N) is 2. The van der Waals surface area contributed by atoms with Crippen LogP contribution in [0.3, 0.4) is 0 Å². The smallest absolute Gasteiger partial charge is 0.223 e. The second-order valence-corrected chi connectivity index (χ2v) is 5.63. The van der Waals surface area contributed by atoms with Crippen LogP contribution in [0.25, 0.3) is 0 Å². The number of rotatable bonds is 4. The summed E-state index contributed by atoms with van der Waals surface area (Å²) in [5.41, 5.74) is 0. The quantitative estimate of drug-likeness (QED) is 0.641. The summed E-state index contributed by atoms with van der Waals surface area (Å²) >= 11 is 2.00. The molecule has 6 nitrogen and oxygen atoms in total. The van der Waals surface area contributed by atoms with Gasteiger partial charge in [-0.2, -0.15) is 16.7 Å². The zero-order valence-corrected chi connectivity index (χ0v) is 12.3. The largest absolute Gasteiger partial charge is 0.357 e. The molecule has 0 amide bonds. The molecule has 2 N–H and O–H groups in total. The van der Waals surface area contributed by atoms with E-state index in [-0.39, 0.29) is 0 Å². The molecule has 7 heteroatoms. The lowest BCUT2D eigenvalue weighted by Crippen LogP contribution is -2.45. The summed E-state index contributed by atoms with van der Waals surface area (Å²) in [7, 11) is 0. The third kappa shape index (κ3) is 4.74. The van der Waals surface area contributed by atoms with Crippen molar-refractivity contribution in [2.75, 3.05) is 18.1 Å². The van der Waals surface area contributed by atoms with Crippen molar-refractivity contribution in [2.24, 2.45) is 4.99 Å². The van der Waals surface area contributed by atoms with Gasteiger partial charge in [0.1, 0.15) is 6.54 Å². The number of aliphatic imine (C=N–C) groups is 1. The molecule has 19 heavy (non-hydrogen) atoms. The fourth-order valence-electron chi connectivity index (χ4n) is 1.92. The number of guanidine groups is 1. The standard InChI is InChI=1S/C12H21N5OS/c1-3-13-12(16-10-5-4-6-19-8-10)14-7-11-15-9(2)18-17-11/h10H,3-8H2,1-2H3,(H2,13,14,16). The summed E-state index contributed by atoms with van der Waals surface area (Å²) in [6.45, 7) is 5.12. The van der Waals surface area contributed by atoms with E-state index in [0.717, 1.165) is 18.3 Å². The first-order valence-corrected chi connectivity index (χ1v) is 7.85. The molecule has 0 aliphatic carbocycles. The molecule has 0 radical (unpaired) electrons. The van der Waals surface area contributed by atoms with Gasteiger partial charge in [-0.05, 0) is 25.5 Å². The van der Waals surface area contributed by atoms with Crippen molar-refractivity contribution in [1.29, 1.82) is 0 Å². The molecule has 106 valence electrons. The lowest BCUT2D eigenvalue weighted by molar-refractivity contribution is 0.387. The van der Waals surface area contributed by atoms with Gasteiger partial charge >= 0.3 is 0 Å². The first-order valence-electron chi connectivity index (χ1n) is 6.69. The minimum Gasteiger partial charge on any atom is -0.357 e. The minimum atomic E-state index is 0.437. The van der Waals surface area contributed by atoms with E-state index in [4.69, 9.17) is 4.52 Å². The van der Waals surface area contributed by atoms with Gasteiger partial charge in [-0.15, -0.1) is 0 Å². The van der Waals surface area contributed by atoms with E-state index < -0.39 is 0 Å². The normalized spacial score (nSPS) is 20.3. The van der Waals surface area contributed by atoms with Gasteiger partial charge in [0.25, 0.3) is 0 Å². The molecule has 1 atom stereocenters. The van der Waals surface area contributed by atoms with Gasteiger partial charge in [-0.3, -0.25) is 0 Å². The van der Waals surface area contributed by atoms with E-state index in [0.29, 0.717) is 24.3 Å². The second kappa shape index (κ2) is 7.37. The second-order valence-electron chi connectivity index (χ2n) is 4.48. The molecular weight excluding hydrogens is 262 g/mol. The first-order chi connectivity index (χ1) is 9.28. The molecule has 0 aromatic carbocycles. The van der Waals surface area contributed by atoms with Crippen LogP contribution >= 0.6 is 11.8 Å². The van der Waals surface area contributed by atoms with E-state index in [1.54, 1.807) is 6.92 Å². The van der Waals surface area contributed by atoms with E-state index in [1.807, 2.05) is 11.8 Å². The van der Waals surface area contributed by atoms with Crippen LogP contribution in [-0.2, 0) is 6.54 Å². The van der Waals surface area contributed by atoms with Crippen molar-refractivity contribution in [3.05, 3.63) is 11.7 Å². The summed E-state index contributed by atoms with van der Waals surface area (Å²) in [5.74, 6) is 4.44. The number of nitrogens with zero attached hydrogens (tertiary/aromatic N) is 3. The molecule has 1 unspecified atom stereocenters. The third-order valence-corrected chi connectivity index (χ3v) is 4.01. The van der Waals surface area contributed by atoms with E-state index in [2.05, 4.69) is 32.7 Å². The Bertz CT molecular complexity index is 414. The summed E-state index contributed by atoms with van der Waals surface area (Å²) in [6.07, 6.45) is 2.48. The Kier molecular flexibility index (Phi) is 5.50. The highest BCUT2D eigenvalue weighted by molar-refractivity contribution is 7.99. The molecule has 1 aromatic rings. The van der Waals surface area contributed by atoms with Gasteiger partial charge in [-0.25, -0.2) is 4.99 Å². The molecule has 1 aliphatic heterocycles. The Labute approximate surface area is 117 Å². The van der Waals surface area contributed by atoms with Crippen LogP contribution in [0, 0.1) is 6.92 Å². The molecule has 1 aromatic heterocycles. The Morgan fingerprint density at radius 1 is 1.58 bits per heavy atom. The minimum absolute atomic E-state index is 0.437. The molecule has 0 bridgehead atoms. The van der Waals surface area contributed by atoms with Crippen LogP contribution in [0.2, 0.25) is 0 Å². The lowest BCUT2D eigenvalue weighted by atomic mass is 10.2. The molecular formula is C12H21N5OS. The molecule has 0 spiro atoms. The average molecular weight is 283 g/mol. The number of aromatic nitrogens is 2. The molecule has 1 fully saturated rings. The lowest BCUT2D eigenvalue weighted by Gasteiger charge is -2.24. The highest BCUT2D eigenvalue weighted by atomic mass is 32.2. The zero-order chi connectivity index (χ0) is 13.5. The van der Waals surface area contributed by atoms with Gasteiger partial charge in [0.15, 0.2) is 11.8 Å². The summed E-state index contributed by atoms with van der Waals surface area (Å²) in [6, 6.07) is 0.503. The maximum absolute atomic E-state index is 4.93. The summed E-state index contributed by atoms with van der Waals surface area (Å²) < 4.78 is 4.93. The molecule has 0 saturated carbocycles. The van der Waals surface area contributed by atoms with Crippen molar-refractivity contribution in [3.63, 3.8) is 0 Å². The van der Waals surface area contributed by atoms with E-state index in [1.165, 1.54) is 18.6 Å². The Hall–Kier alpha value is -1.24. The average Bonchev–Trinajstić information content (AvgIpc) is 2.83. The van der Waals surface area contributed by atoms with Gasteiger partial charge in [0.05, 0.1) is 0 Å². The fourth-order valence-corrected chi connectivity index (χ4v) is 3.00. The number of aryl methyl sites for hydroxylation is 1. The monoisotopic (exact) mass is 283 g/mol. The fraction of sp³-hybridized carbons (Fsp3) is 0.750. The predicted octanol–water partition coefficient (Wildman–Crippen LogP) is 1.33. The number of hydrogen-bond acceptors (Lipinski definition) is 5. The van der Waals surface area contributed by atoms with Gasteiger partial charge in [0, 0.05) is 25.3 Å². The number of hydrogen-bond donors (Lipinski definition) is 2. The van der Waals surface area contributed by atoms with Crippen LogP contribution in [0.5, 0.6) is 0 Å². The Morgan fingerprint density at radius 3 is 3.11 bits per heavy atom. The highest BCUT2D eigenvalue weighted by Crippen LogP contribution is 2.16. The topological polar surface area (TPSA) is 75.3 Å². The Morgan fingerprint density at radius 2 is 2.47 bits per heavy atom. The molecule has 2 rings (SSSR count). The van der Waals surface area contributed by atoms with Gasteiger partial charge in [-0.1, -0.05) is 5.16 Å². The van der Waals surface area contributed by atoms with Gasteiger partial charge < -0.3 is 15.2 Å². The van der Waals surface area contributed by atoms with Crippen LogP contribution in [0.1, 0.15) is 31.5 Å². The van der Waals surface area contributed by atoms with Crippen molar-refractivity contribution in [1.82, 2.24) is 20.8 Å². The van der Waals surface area contributed by atoms with E-state index >= 15 is 0 Å². The van der Waals surface area contributed by atoms with Crippen molar-refractivity contribution >= 4 is 17.7 Å². The third-order valence-electron chi connectivity index (χ3n) is 2.79. The molecule has 2 heterocycles. The Balaban J connectivity index is 1.90. The first kappa shape index (κ1) is 14.2. The van der Waals surface area contributed by atoms with E-state index in [9.17, 15) is 0 Å². The number of thioether (sulfide) groups is 1. The SMILES string of the molecule is CCNC(=NCc1noc(C)n1)NC1CCCSC1. The maximum Gasteiger partial charge on any atom is 0.223 e. The van der Waals surface area contributed by atoms with Gasteiger partial charge in [0.2, 0.25) is 5.89 Å². The molecule has 1 saturated heterocycles. The summed E-state index contributed by atoms with van der Waals surface area (Å²) in [4.78, 5) is 8.64. The van der Waals surface area contributed by atoms with Crippen molar-refractivity contribution < 1.29 is 4.52 Å². The molecule has 1 aliphatic rings. The maximum atomic E-state index is 4.93. The highest BCUT2D eigenvalue weighted by Gasteiger charge is 2.14. The van der Waals surface area contributed by atoms with Crippen LogP contribution in [-0.4, -0.2) is 40.2 Å². The van der Waals surface area contributed by atoms with Crippen molar-refractivity contribution in [3.8, 4) is 0 Å². The van der Waals surface area contributed by atoms with Crippen molar-refractivity contribution in [2.45, 2.75) is 39.3 Å². The summed E-state index contributed by atoms with van der Waals surface area (Å²) in [5, 5.41) is 10.6. The van der Waals surface area contributed by atoms with Crippen LogP contribution in [0.4, 0.5) is 0 Å². The van der Waals surface area contributed by atoms with Crippen LogP contribution < -0.4 is 10.6 Å². The zero-order valence-electron chi connectivity index (χ0n) is 11.5. The van der Waals surface area contributed by atoms with Crippen LogP contribution in [0.15, 0.2) is 9.52 Å². The predicted molar refractivity (Wildman–Crippen MR) is 77.3 cm³/mol.